The van der Waals surface area contributed by atoms with Gasteiger partial charge in [0, 0.05) is 17.2 Å². The summed E-state index contributed by atoms with van der Waals surface area (Å²) in [7, 11) is -1.19. The van der Waals surface area contributed by atoms with Gasteiger partial charge in [-0.1, -0.05) is 12.1 Å². The minimum absolute atomic E-state index is 0.403. The number of benzene rings is 2. The van der Waals surface area contributed by atoms with Crippen molar-refractivity contribution >= 4 is 21.9 Å². The first-order valence-electron chi connectivity index (χ1n) is 10.2. The Labute approximate surface area is 179 Å². The van der Waals surface area contributed by atoms with Gasteiger partial charge in [0.05, 0.1) is 21.9 Å². The van der Waals surface area contributed by atoms with E-state index in [1.807, 2.05) is 0 Å². The minimum atomic E-state index is -4.30. The van der Waals surface area contributed by atoms with E-state index in [0.29, 0.717) is 34.2 Å². The van der Waals surface area contributed by atoms with Crippen LogP contribution in [0.5, 0.6) is 0 Å². The van der Waals surface area contributed by atoms with Crippen LogP contribution in [-0.2, 0) is 23.4 Å². The van der Waals surface area contributed by atoms with Crippen LogP contribution < -0.4 is 5.76 Å². The molecule has 1 N–H and O–H groups in total. The molecule has 2 aromatic carbocycles. The number of nitrogens with zero attached hydrogens (tertiary/aromatic N) is 1. The zero-order valence-electron chi connectivity index (χ0n) is 16.8. The third kappa shape index (κ3) is 5.46. The number of oxazole rings is 1. The van der Waals surface area contributed by atoms with Crippen LogP contribution in [0.1, 0.15) is 24.0 Å². The Balaban J connectivity index is 1.24. The maximum atomic E-state index is 12.7. The molecule has 1 aliphatic heterocycles. The van der Waals surface area contributed by atoms with Crippen molar-refractivity contribution in [1.29, 1.82) is 0 Å². The molecule has 5 nitrogen and oxygen atoms in total. The molecule has 0 saturated carbocycles. The van der Waals surface area contributed by atoms with Gasteiger partial charge < -0.3 is 9.32 Å². The predicted molar refractivity (Wildman–Crippen MR) is 112 cm³/mol. The zero-order chi connectivity index (χ0) is 22.0. The summed E-state index contributed by atoms with van der Waals surface area (Å²) in [5, 5.41) is 0. The fraction of sp³-hybridized carbons (Fsp3) is 0.409. The first-order valence-corrected chi connectivity index (χ1v) is 11.5. The summed E-state index contributed by atoms with van der Waals surface area (Å²) < 4.78 is 55.7. The molecule has 31 heavy (non-hydrogen) atoms. The maximum absolute atomic E-state index is 12.7. The lowest BCUT2D eigenvalue weighted by molar-refractivity contribution is -0.137. The molecule has 166 valence electrons. The maximum Gasteiger partial charge on any atom is 0.417 e. The minimum Gasteiger partial charge on any atom is -0.408 e. The number of likely N-dealkylation sites (tertiary alicyclic amines) is 1. The van der Waals surface area contributed by atoms with E-state index >= 15 is 0 Å². The summed E-state index contributed by atoms with van der Waals surface area (Å²) in [4.78, 5) is 16.7. The van der Waals surface area contributed by atoms with Crippen molar-refractivity contribution in [3.8, 4) is 0 Å². The number of nitrogens with one attached hydrogen (secondary N) is 1. The van der Waals surface area contributed by atoms with E-state index in [-0.39, 0.29) is 0 Å². The van der Waals surface area contributed by atoms with Gasteiger partial charge in [0.15, 0.2) is 5.58 Å². The molecule has 1 aliphatic rings. The van der Waals surface area contributed by atoms with Gasteiger partial charge in [-0.25, -0.2) is 4.79 Å². The first kappa shape index (κ1) is 21.8. The van der Waals surface area contributed by atoms with Gasteiger partial charge >= 0.3 is 11.9 Å². The van der Waals surface area contributed by atoms with Crippen LogP contribution in [0.3, 0.4) is 0 Å². The van der Waals surface area contributed by atoms with E-state index in [1.54, 1.807) is 30.3 Å². The number of hydrogen-bond acceptors (Lipinski definition) is 4. The summed E-state index contributed by atoms with van der Waals surface area (Å²) >= 11 is 0. The SMILES string of the molecule is O=c1[nH]c2ccc(S(=O)CCN3CCC(Cc4ccc(C(F)(F)F)cc4)CC3)cc2o1. The number of hydrogen-bond donors (Lipinski definition) is 1. The standard InChI is InChI=1S/C22H23F3N2O3S/c23-22(24,25)17-3-1-15(2-4-17)13-16-7-9-27(10-8-16)11-12-31(29)18-5-6-19-20(14-18)30-21(28)26-19/h1-6,14,16H,7-13H2,(H,26,28). The van der Waals surface area contributed by atoms with Crippen LogP contribution in [0.15, 0.2) is 56.6 Å². The summed E-state index contributed by atoms with van der Waals surface area (Å²) in [6.45, 7) is 2.47. The first-order chi connectivity index (χ1) is 14.8. The quantitative estimate of drug-likeness (QED) is 0.609. The van der Waals surface area contributed by atoms with Crippen molar-refractivity contribution in [2.24, 2.45) is 5.92 Å². The zero-order valence-corrected chi connectivity index (χ0v) is 17.6. The molecule has 4 rings (SSSR count). The van der Waals surface area contributed by atoms with Crippen LogP contribution in [0.25, 0.3) is 11.1 Å². The van der Waals surface area contributed by atoms with Crippen molar-refractivity contribution in [3.05, 3.63) is 64.1 Å². The van der Waals surface area contributed by atoms with E-state index in [0.717, 1.165) is 50.0 Å². The average Bonchev–Trinajstić information content (AvgIpc) is 3.12. The van der Waals surface area contributed by atoms with Gasteiger partial charge in [0.2, 0.25) is 0 Å². The van der Waals surface area contributed by atoms with Crippen LogP contribution in [0.2, 0.25) is 0 Å². The molecule has 1 fully saturated rings. The number of halogens is 3. The molecular formula is C22H23F3N2O3S. The van der Waals surface area contributed by atoms with Crippen LogP contribution >= 0.6 is 0 Å². The van der Waals surface area contributed by atoms with E-state index in [2.05, 4.69) is 9.88 Å². The summed E-state index contributed by atoms with van der Waals surface area (Å²) in [6, 6.07) is 10.5. The van der Waals surface area contributed by atoms with E-state index < -0.39 is 28.3 Å². The number of piperidine rings is 1. The fourth-order valence-corrected chi connectivity index (χ4v) is 5.09. The molecule has 0 spiro atoms. The molecule has 1 atom stereocenters. The monoisotopic (exact) mass is 452 g/mol. The van der Waals surface area contributed by atoms with Gasteiger partial charge in [0.1, 0.15) is 0 Å². The smallest absolute Gasteiger partial charge is 0.408 e. The molecule has 3 aromatic rings. The summed E-state index contributed by atoms with van der Waals surface area (Å²) in [6.07, 6.45) is -1.59. The predicted octanol–water partition coefficient (Wildman–Crippen LogP) is 4.20. The molecule has 9 heteroatoms. The average molecular weight is 452 g/mol. The molecule has 1 unspecified atom stereocenters. The topological polar surface area (TPSA) is 66.3 Å². The van der Waals surface area contributed by atoms with Crippen LogP contribution in [0.4, 0.5) is 13.2 Å². The van der Waals surface area contributed by atoms with Gasteiger partial charge in [-0.2, -0.15) is 13.2 Å². The summed E-state index contributed by atoms with van der Waals surface area (Å²) in [5.41, 5.74) is 1.30. The van der Waals surface area contributed by atoms with Crippen molar-refractivity contribution in [1.82, 2.24) is 9.88 Å². The Morgan fingerprint density at radius 2 is 1.81 bits per heavy atom. The van der Waals surface area contributed by atoms with Crippen molar-refractivity contribution < 1.29 is 21.8 Å². The van der Waals surface area contributed by atoms with Crippen LogP contribution in [0, 0.1) is 5.92 Å². The Kier molecular flexibility index (Phi) is 6.34. The van der Waals surface area contributed by atoms with Gasteiger partial charge in [-0.15, -0.1) is 0 Å². The number of aromatic nitrogens is 1. The molecule has 0 bridgehead atoms. The number of rotatable bonds is 6. The number of aromatic amines is 1. The van der Waals surface area contributed by atoms with Gasteiger partial charge in [-0.05, 0) is 74.2 Å². The molecule has 0 radical (unpaired) electrons. The van der Waals surface area contributed by atoms with E-state index in [1.165, 1.54) is 0 Å². The van der Waals surface area contributed by atoms with E-state index in [9.17, 15) is 22.2 Å². The highest BCUT2D eigenvalue weighted by molar-refractivity contribution is 7.85. The Morgan fingerprint density at radius 3 is 2.48 bits per heavy atom. The molecule has 1 saturated heterocycles. The second-order valence-electron chi connectivity index (χ2n) is 7.91. The van der Waals surface area contributed by atoms with Crippen molar-refractivity contribution in [2.45, 2.75) is 30.3 Å². The van der Waals surface area contributed by atoms with Crippen molar-refractivity contribution in [3.63, 3.8) is 0 Å². The largest absolute Gasteiger partial charge is 0.417 e. The van der Waals surface area contributed by atoms with Crippen molar-refractivity contribution in [2.75, 3.05) is 25.4 Å². The number of H-pyrrole nitrogens is 1. The van der Waals surface area contributed by atoms with E-state index in [4.69, 9.17) is 4.42 Å². The highest BCUT2D eigenvalue weighted by atomic mass is 32.2. The second-order valence-corrected chi connectivity index (χ2v) is 9.48. The normalized spacial score (nSPS) is 17.3. The Hall–Kier alpha value is -2.39. The molecule has 2 heterocycles. The Morgan fingerprint density at radius 1 is 1.10 bits per heavy atom. The highest BCUT2D eigenvalue weighted by Crippen LogP contribution is 2.30. The lowest BCUT2D eigenvalue weighted by Crippen LogP contribution is -2.36. The van der Waals surface area contributed by atoms with Gasteiger partial charge in [0.25, 0.3) is 0 Å². The second kappa shape index (κ2) is 9.00. The number of alkyl halides is 3. The van der Waals surface area contributed by atoms with Crippen LogP contribution in [-0.4, -0.2) is 39.5 Å². The summed E-state index contributed by atoms with van der Waals surface area (Å²) in [5.74, 6) is 0.401. The fourth-order valence-electron chi connectivity index (χ4n) is 3.97. The molecule has 0 aliphatic carbocycles. The lowest BCUT2D eigenvalue weighted by atomic mass is 9.90. The molecular weight excluding hydrogens is 429 g/mol. The lowest BCUT2D eigenvalue weighted by Gasteiger charge is -2.32. The van der Waals surface area contributed by atoms with Gasteiger partial charge in [-0.3, -0.25) is 9.19 Å². The third-order valence-electron chi connectivity index (χ3n) is 5.76. The number of fused-ring (bicyclic) bond motifs is 1. The molecule has 0 amide bonds. The highest BCUT2D eigenvalue weighted by Gasteiger charge is 2.30. The molecule has 1 aromatic heterocycles. The third-order valence-corrected chi connectivity index (χ3v) is 7.09. The Bertz CT molecular complexity index is 1110.